The average Bonchev–Trinajstić information content (AvgIpc) is 2.86. The van der Waals surface area contributed by atoms with Crippen LogP contribution in [-0.2, 0) is 17.4 Å². The summed E-state index contributed by atoms with van der Waals surface area (Å²) in [5.41, 5.74) is -0.863. The summed E-state index contributed by atoms with van der Waals surface area (Å²) in [5, 5.41) is 24.5. The van der Waals surface area contributed by atoms with Crippen LogP contribution in [-0.4, -0.2) is 70.4 Å². The van der Waals surface area contributed by atoms with Crippen LogP contribution < -0.4 is 10.1 Å². The number of nitrogens with zero attached hydrogens (tertiary/aromatic N) is 2. The average molecular weight is 522 g/mol. The lowest BCUT2D eigenvalue weighted by Gasteiger charge is -2.43. The number of halogens is 3. The Hall–Kier alpha value is -3.18. The number of carbonyl (C=O) groups is 2. The molecule has 11 heteroatoms. The van der Waals surface area contributed by atoms with Crippen LogP contribution in [0.4, 0.5) is 13.2 Å². The van der Waals surface area contributed by atoms with E-state index in [2.05, 4.69) is 10.3 Å². The molecule has 0 radical (unpaired) electrons. The normalized spacial score (nSPS) is 22.8. The standard InChI is InChI=1S/C26H30F3N3O5/c1-16-18(6-7-22(31-16)26(27,28)29)24(36)32-10-8-25(9-11-32)13-20(34)19(33)12-17-4-2-3-5-21(17)37-14-23(35)30-15-25/h2-7,19-20,33-34H,8-15H2,1H3,(H,30,35)/t19-,20+/m0/s1. The number of hydrogen-bond donors (Lipinski definition) is 3. The van der Waals surface area contributed by atoms with Crippen molar-refractivity contribution in [2.24, 2.45) is 5.41 Å². The second-order valence-electron chi connectivity index (χ2n) is 9.84. The number of para-hydroxylation sites is 1. The van der Waals surface area contributed by atoms with Gasteiger partial charge in [-0.25, -0.2) is 4.98 Å². The second kappa shape index (κ2) is 10.7. The monoisotopic (exact) mass is 521 g/mol. The van der Waals surface area contributed by atoms with Gasteiger partial charge >= 0.3 is 6.18 Å². The van der Waals surface area contributed by atoms with Crippen LogP contribution in [0, 0.1) is 12.3 Å². The number of alkyl halides is 3. The van der Waals surface area contributed by atoms with Crippen molar-refractivity contribution in [3.05, 3.63) is 58.9 Å². The summed E-state index contributed by atoms with van der Waals surface area (Å²) < 4.78 is 44.5. The highest BCUT2D eigenvalue weighted by atomic mass is 19.4. The van der Waals surface area contributed by atoms with Crippen LogP contribution in [0.3, 0.4) is 0 Å². The third kappa shape index (κ3) is 6.22. The number of amides is 2. The molecular formula is C26H30F3N3O5. The van der Waals surface area contributed by atoms with Gasteiger partial charge in [-0.2, -0.15) is 13.2 Å². The molecule has 1 aromatic heterocycles. The van der Waals surface area contributed by atoms with Gasteiger partial charge < -0.3 is 25.2 Å². The van der Waals surface area contributed by atoms with E-state index < -0.39 is 35.4 Å². The first-order valence-electron chi connectivity index (χ1n) is 12.2. The van der Waals surface area contributed by atoms with Crippen molar-refractivity contribution in [1.29, 1.82) is 0 Å². The molecule has 0 saturated carbocycles. The zero-order chi connectivity index (χ0) is 26.8. The topological polar surface area (TPSA) is 112 Å². The number of aryl methyl sites for hydroxylation is 1. The van der Waals surface area contributed by atoms with E-state index in [1.807, 2.05) is 0 Å². The van der Waals surface area contributed by atoms with Crippen molar-refractivity contribution in [2.75, 3.05) is 26.2 Å². The minimum absolute atomic E-state index is 0.00259. The molecule has 3 heterocycles. The number of ether oxygens (including phenoxy) is 1. The summed E-state index contributed by atoms with van der Waals surface area (Å²) in [4.78, 5) is 30.6. The summed E-state index contributed by atoms with van der Waals surface area (Å²) in [6, 6.07) is 8.97. The number of rotatable bonds is 1. The number of aromatic nitrogens is 1. The first kappa shape index (κ1) is 26.9. The fraction of sp³-hybridized carbons (Fsp3) is 0.500. The molecule has 2 aliphatic rings. The van der Waals surface area contributed by atoms with Crippen molar-refractivity contribution in [2.45, 2.75) is 51.0 Å². The molecule has 200 valence electrons. The van der Waals surface area contributed by atoms with Gasteiger partial charge in [0.25, 0.3) is 11.8 Å². The molecule has 1 saturated heterocycles. The Kier molecular flexibility index (Phi) is 7.75. The summed E-state index contributed by atoms with van der Waals surface area (Å²) in [7, 11) is 0. The van der Waals surface area contributed by atoms with Crippen LogP contribution in [0.2, 0.25) is 0 Å². The first-order chi connectivity index (χ1) is 17.5. The molecule has 1 spiro atoms. The van der Waals surface area contributed by atoms with Crippen molar-refractivity contribution >= 4 is 11.8 Å². The van der Waals surface area contributed by atoms with E-state index in [9.17, 15) is 33.0 Å². The number of hydrogen-bond acceptors (Lipinski definition) is 6. The molecule has 2 aromatic rings. The van der Waals surface area contributed by atoms with Crippen molar-refractivity contribution in [1.82, 2.24) is 15.2 Å². The number of carbonyl (C=O) groups excluding carboxylic acids is 2. The molecule has 0 unspecified atom stereocenters. The van der Waals surface area contributed by atoms with Gasteiger partial charge in [-0.3, -0.25) is 9.59 Å². The minimum Gasteiger partial charge on any atom is -0.483 e. The van der Waals surface area contributed by atoms with Crippen LogP contribution >= 0.6 is 0 Å². The van der Waals surface area contributed by atoms with E-state index in [0.717, 1.165) is 12.1 Å². The van der Waals surface area contributed by atoms with Gasteiger partial charge in [0.2, 0.25) is 0 Å². The Labute approximate surface area is 212 Å². The highest BCUT2D eigenvalue weighted by Gasteiger charge is 2.40. The zero-order valence-corrected chi connectivity index (χ0v) is 20.4. The largest absolute Gasteiger partial charge is 0.483 e. The predicted octanol–water partition coefficient (Wildman–Crippen LogP) is 2.49. The summed E-state index contributed by atoms with van der Waals surface area (Å²) >= 11 is 0. The van der Waals surface area contributed by atoms with E-state index in [0.29, 0.717) is 24.2 Å². The van der Waals surface area contributed by atoms with E-state index in [4.69, 9.17) is 4.74 Å². The molecular weight excluding hydrogens is 491 g/mol. The lowest BCUT2D eigenvalue weighted by Crippen LogP contribution is -2.51. The van der Waals surface area contributed by atoms with E-state index >= 15 is 0 Å². The van der Waals surface area contributed by atoms with Gasteiger partial charge in [0.15, 0.2) is 6.61 Å². The number of benzene rings is 1. The molecule has 2 atom stereocenters. The lowest BCUT2D eigenvalue weighted by molar-refractivity contribution is -0.141. The smallest absolute Gasteiger partial charge is 0.433 e. The fourth-order valence-electron chi connectivity index (χ4n) is 4.99. The molecule has 0 bridgehead atoms. The highest BCUT2D eigenvalue weighted by molar-refractivity contribution is 5.95. The van der Waals surface area contributed by atoms with E-state index in [1.165, 1.54) is 6.92 Å². The van der Waals surface area contributed by atoms with E-state index in [-0.39, 0.29) is 56.2 Å². The Morgan fingerprint density at radius 1 is 1.14 bits per heavy atom. The summed E-state index contributed by atoms with van der Waals surface area (Å²) in [5.74, 6) is -0.273. The Balaban J connectivity index is 1.48. The second-order valence-corrected chi connectivity index (χ2v) is 9.84. The Morgan fingerprint density at radius 3 is 2.51 bits per heavy atom. The van der Waals surface area contributed by atoms with Gasteiger partial charge in [-0.1, -0.05) is 18.2 Å². The molecule has 8 nitrogen and oxygen atoms in total. The SMILES string of the molecule is Cc1nc(C(F)(F)F)ccc1C(=O)N1CCC2(CC1)CNC(=O)COc1ccccc1C[C@H](O)[C@H](O)C2. The molecule has 0 aliphatic carbocycles. The van der Waals surface area contributed by atoms with Gasteiger partial charge in [0, 0.05) is 26.1 Å². The maximum absolute atomic E-state index is 13.1. The van der Waals surface area contributed by atoms with Crippen LogP contribution in [0.15, 0.2) is 36.4 Å². The predicted molar refractivity (Wildman–Crippen MR) is 127 cm³/mol. The summed E-state index contributed by atoms with van der Waals surface area (Å²) in [6.45, 7) is 1.95. The Bertz CT molecular complexity index is 1150. The number of aliphatic hydroxyl groups is 2. The van der Waals surface area contributed by atoms with Gasteiger partial charge in [0.1, 0.15) is 11.4 Å². The zero-order valence-electron chi connectivity index (χ0n) is 20.4. The molecule has 2 aliphatic heterocycles. The lowest BCUT2D eigenvalue weighted by atomic mass is 9.73. The number of likely N-dealkylation sites (tertiary alicyclic amines) is 1. The number of aliphatic hydroxyl groups excluding tert-OH is 2. The highest BCUT2D eigenvalue weighted by Crippen LogP contribution is 2.38. The summed E-state index contributed by atoms with van der Waals surface area (Å²) in [6.07, 6.45) is -5.52. The first-order valence-corrected chi connectivity index (χ1v) is 12.2. The molecule has 4 rings (SSSR count). The van der Waals surface area contributed by atoms with Crippen LogP contribution in [0.5, 0.6) is 5.75 Å². The Morgan fingerprint density at radius 2 is 1.84 bits per heavy atom. The third-order valence-electron chi connectivity index (χ3n) is 7.23. The number of piperidine rings is 1. The van der Waals surface area contributed by atoms with Crippen LogP contribution in [0.1, 0.15) is 46.6 Å². The molecule has 1 fully saturated rings. The van der Waals surface area contributed by atoms with Gasteiger partial charge in [-0.05, 0) is 55.4 Å². The third-order valence-corrected chi connectivity index (χ3v) is 7.23. The maximum atomic E-state index is 13.1. The minimum atomic E-state index is -4.60. The quantitative estimate of drug-likeness (QED) is 0.532. The maximum Gasteiger partial charge on any atom is 0.433 e. The molecule has 37 heavy (non-hydrogen) atoms. The van der Waals surface area contributed by atoms with Gasteiger partial charge in [-0.15, -0.1) is 0 Å². The van der Waals surface area contributed by atoms with E-state index in [1.54, 1.807) is 29.2 Å². The number of nitrogens with one attached hydrogen (secondary N) is 1. The molecule has 2 amide bonds. The van der Waals surface area contributed by atoms with Crippen molar-refractivity contribution < 1.29 is 37.7 Å². The number of pyridine rings is 1. The molecule has 1 aromatic carbocycles. The van der Waals surface area contributed by atoms with Crippen LogP contribution in [0.25, 0.3) is 0 Å². The number of fused-ring (bicyclic) bond motifs is 1. The van der Waals surface area contributed by atoms with Crippen molar-refractivity contribution in [3.8, 4) is 5.75 Å². The van der Waals surface area contributed by atoms with Gasteiger partial charge in [0.05, 0.1) is 23.5 Å². The molecule has 3 N–H and O–H groups in total. The van der Waals surface area contributed by atoms with Crippen molar-refractivity contribution in [3.63, 3.8) is 0 Å². The fourth-order valence-corrected chi connectivity index (χ4v) is 4.99.